The van der Waals surface area contributed by atoms with Gasteiger partial charge in [0.2, 0.25) is 15.9 Å². The van der Waals surface area contributed by atoms with Gasteiger partial charge in [-0.05, 0) is 36.8 Å². The van der Waals surface area contributed by atoms with E-state index in [1.165, 1.54) is 29.5 Å². The Hall–Kier alpha value is -3.54. The van der Waals surface area contributed by atoms with Crippen molar-refractivity contribution in [2.75, 3.05) is 18.5 Å². The van der Waals surface area contributed by atoms with E-state index < -0.39 is 34.4 Å². The molecule has 0 spiro atoms. The van der Waals surface area contributed by atoms with Crippen molar-refractivity contribution in [1.82, 2.24) is 5.32 Å². The minimum Gasteiger partial charge on any atom is -0.462 e. The second-order valence-electron chi connectivity index (χ2n) is 6.74. The van der Waals surface area contributed by atoms with Gasteiger partial charge in [0.15, 0.2) is 0 Å². The first-order valence-corrected chi connectivity index (χ1v) is 12.1. The number of anilines is 1. The van der Waals surface area contributed by atoms with Gasteiger partial charge in [-0.2, -0.15) is 0 Å². The Morgan fingerprint density at radius 3 is 2.42 bits per heavy atom. The lowest BCUT2D eigenvalue weighted by molar-refractivity contribution is -0.115. The molecule has 4 N–H and O–H groups in total. The zero-order valence-electron chi connectivity index (χ0n) is 17.5. The summed E-state index contributed by atoms with van der Waals surface area (Å²) in [6.07, 6.45) is 0. The van der Waals surface area contributed by atoms with Gasteiger partial charge in [0.25, 0.3) is 5.91 Å². The third-order valence-corrected chi connectivity index (χ3v) is 6.38. The van der Waals surface area contributed by atoms with Gasteiger partial charge in [-0.3, -0.25) is 9.59 Å². The summed E-state index contributed by atoms with van der Waals surface area (Å²) in [5.41, 5.74) is 1.11. The molecule has 0 bridgehead atoms. The van der Waals surface area contributed by atoms with Crippen molar-refractivity contribution in [1.29, 1.82) is 0 Å². The van der Waals surface area contributed by atoms with Crippen molar-refractivity contribution in [3.8, 4) is 10.4 Å². The Bertz CT molecular complexity index is 1290. The number of nitrogens with one attached hydrogen (secondary N) is 2. The second-order valence-corrected chi connectivity index (χ2v) is 9.36. The van der Waals surface area contributed by atoms with Crippen LogP contribution >= 0.6 is 11.3 Å². The number of benzene rings is 2. The Balaban J connectivity index is 1.72. The third-order valence-electron chi connectivity index (χ3n) is 4.37. The molecule has 2 amide bonds. The first-order valence-electron chi connectivity index (χ1n) is 9.76. The molecule has 9 nitrogen and oxygen atoms in total. The molecule has 0 unspecified atom stereocenters. The van der Waals surface area contributed by atoms with E-state index in [4.69, 9.17) is 9.88 Å². The van der Waals surface area contributed by atoms with E-state index in [0.29, 0.717) is 5.00 Å². The molecule has 0 atom stereocenters. The largest absolute Gasteiger partial charge is 0.462 e. The lowest BCUT2D eigenvalue weighted by Gasteiger charge is -2.08. The van der Waals surface area contributed by atoms with Crippen LogP contribution in [0, 0.1) is 0 Å². The second kappa shape index (κ2) is 10.4. The molecule has 0 saturated heterocycles. The summed E-state index contributed by atoms with van der Waals surface area (Å²) < 4.78 is 28.0. The van der Waals surface area contributed by atoms with Crippen LogP contribution in [0.1, 0.15) is 27.6 Å². The number of thiophene rings is 1. The summed E-state index contributed by atoms with van der Waals surface area (Å²) in [6, 6.07) is 16.1. The van der Waals surface area contributed by atoms with Crippen LogP contribution in [0.25, 0.3) is 10.4 Å². The average molecular weight is 488 g/mol. The first kappa shape index (κ1) is 24.1. The molecule has 2 aromatic carbocycles. The first-order chi connectivity index (χ1) is 15.7. The van der Waals surface area contributed by atoms with Gasteiger partial charge in [0.05, 0.1) is 23.6 Å². The number of sulfonamides is 1. The van der Waals surface area contributed by atoms with Crippen molar-refractivity contribution >= 4 is 44.1 Å². The van der Waals surface area contributed by atoms with Crippen LogP contribution in [0.2, 0.25) is 0 Å². The highest BCUT2D eigenvalue weighted by Gasteiger charge is 2.20. The number of esters is 1. The van der Waals surface area contributed by atoms with Crippen LogP contribution in [-0.4, -0.2) is 39.4 Å². The average Bonchev–Trinajstić information content (AvgIpc) is 3.21. The van der Waals surface area contributed by atoms with Crippen LogP contribution < -0.4 is 15.8 Å². The molecular weight excluding hydrogens is 466 g/mol. The molecule has 0 radical (unpaired) electrons. The fourth-order valence-electron chi connectivity index (χ4n) is 2.84. The maximum atomic E-state index is 12.5. The summed E-state index contributed by atoms with van der Waals surface area (Å²) >= 11 is 1.20. The highest BCUT2D eigenvalue weighted by Crippen LogP contribution is 2.35. The predicted octanol–water partition coefficient (Wildman–Crippen LogP) is 2.61. The van der Waals surface area contributed by atoms with Crippen molar-refractivity contribution in [2.45, 2.75) is 11.8 Å². The summed E-state index contributed by atoms with van der Waals surface area (Å²) in [6.45, 7) is 1.46. The van der Waals surface area contributed by atoms with E-state index in [9.17, 15) is 22.8 Å². The van der Waals surface area contributed by atoms with Gasteiger partial charge in [0, 0.05) is 10.4 Å². The number of primary sulfonamides is 1. The van der Waals surface area contributed by atoms with Crippen LogP contribution in [-0.2, 0) is 19.6 Å². The molecule has 0 aliphatic carbocycles. The molecule has 11 heteroatoms. The molecule has 0 saturated carbocycles. The molecule has 33 heavy (non-hydrogen) atoms. The van der Waals surface area contributed by atoms with E-state index >= 15 is 0 Å². The number of rotatable bonds is 8. The zero-order valence-corrected chi connectivity index (χ0v) is 19.2. The van der Waals surface area contributed by atoms with E-state index in [0.717, 1.165) is 16.5 Å². The number of carbonyl (C=O) groups excluding carboxylic acids is 3. The van der Waals surface area contributed by atoms with Crippen LogP contribution in [0.4, 0.5) is 5.00 Å². The highest BCUT2D eigenvalue weighted by atomic mass is 32.2. The number of hydrogen-bond acceptors (Lipinski definition) is 7. The van der Waals surface area contributed by atoms with Crippen molar-refractivity contribution in [3.63, 3.8) is 0 Å². The van der Waals surface area contributed by atoms with E-state index in [-0.39, 0.29) is 22.6 Å². The fraction of sp³-hybridized carbons (Fsp3) is 0.136. The topological polar surface area (TPSA) is 145 Å². The Labute approximate surface area is 194 Å². The molecule has 3 rings (SSSR count). The lowest BCUT2D eigenvalue weighted by atomic mass is 10.1. The number of nitrogens with two attached hydrogens (primary N) is 1. The smallest absolute Gasteiger partial charge is 0.341 e. The number of ether oxygens (including phenoxy) is 1. The fourth-order valence-corrected chi connectivity index (χ4v) is 4.46. The minimum atomic E-state index is -3.97. The molecule has 1 heterocycles. The summed E-state index contributed by atoms with van der Waals surface area (Å²) in [5, 5.41) is 10.4. The van der Waals surface area contributed by atoms with Crippen molar-refractivity contribution in [3.05, 3.63) is 71.8 Å². The number of amides is 2. The zero-order chi connectivity index (χ0) is 24.0. The normalized spacial score (nSPS) is 11.0. The summed E-state index contributed by atoms with van der Waals surface area (Å²) in [7, 11) is -3.97. The lowest BCUT2D eigenvalue weighted by Crippen LogP contribution is -2.33. The van der Waals surface area contributed by atoms with Gasteiger partial charge < -0.3 is 15.4 Å². The highest BCUT2D eigenvalue weighted by molar-refractivity contribution is 7.89. The molecule has 172 valence electrons. The SMILES string of the molecule is CCOC(=O)c1cc(-c2ccccc2)sc1NC(=O)CNC(=O)c1cccc(S(N)(=O)=O)c1. The van der Waals surface area contributed by atoms with Gasteiger partial charge in [-0.1, -0.05) is 36.4 Å². The van der Waals surface area contributed by atoms with Crippen molar-refractivity contribution in [2.24, 2.45) is 5.14 Å². The third kappa shape index (κ3) is 6.25. The molecule has 3 aromatic rings. The summed E-state index contributed by atoms with van der Waals surface area (Å²) in [5.74, 6) is -1.80. The number of hydrogen-bond donors (Lipinski definition) is 3. The maximum Gasteiger partial charge on any atom is 0.341 e. The molecule has 0 fully saturated rings. The Morgan fingerprint density at radius 1 is 1.03 bits per heavy atom. The molecular formula is C22H21N3O6S2. The van der Waals surface area contributed by atoms with Crippen LogP contribution in [0.15, 0.2) is 65.6 Å². The van der Waals surface area contributed by atoms with E-state index in [2.05, 4.69) is 10.6 Å². The van der Waals surface area contributed by atoms with Crippen LogP contribution in [0.5, 0.6) is 0 Å². The minimum absolute atomic E-state index is 0.0315. The van der Waals surface area contributed by atoms with Crippen molar-refractivity contribution < 1.29 is 27.5 Å². The number of carbonyl (C=O) groups is 3. The van der Waals surface area contributed by atoms with Gasteiger partial charge in [-0.15, -0.1) is 11.3 Å². The predicted molar refractivity (Wildman–Crippen MR) is 124 cm³/mol. The van der Waals surface area contributed by atoms with Crippen LogP contribution in [0.3, 0.4) is 0 Å². The van der Waals surface area contributed by atoms with Gasteiger partial charge in [0.1, 0.15) is 5.00 Å². The molecule has 0 aliphatic heterocycles. The van der Waals surface area contributed by atoms with Gasteiger partial charge >= 0.3 is 5.97 Å². The standard InChI is InChI=1S/C22H21N3O6S2/c1-2-31-22(28)17-12-18(14-7-4-3-5-8-14)32-21(17)25-19(26)13-24-20(27)15-9-6-10-16(11-15)33(23,29)30/h3-12H,2,13H2,1H3,(H,24,27)(H,25,26)(H2,23,29,30). The summed E-state index contributed by atoms with van der Waals surface area (Å²) in [4.78, 5) is 37.7. The maximum absolute atomic E-state index is 12.5. The molecule has 0 aliphatic rings. The van der Waals surface area contributed by atoms with E-state index in [1.54, 1.807) is 13.0 Å². The van der Waals surface area contributed by atoms with Gasteiger partial charge in [-0.25, -0.2) is 18.4 Å². The molecule has 1 aromatic heterocycles. The monoisotopic (exact) mass is 487 g/mol. The Morgan fingerprint density at radius 2 is 1.76 bits per heavy atom. The quantitative estimate of drug-likeness (QED) is 0.417. The Kier molecular flexibility index (Phi) is 7.59. The van der Waals surface area contributed by atoms with E-state index in [1.807, 2.05) is 30.3 Å².